The van der Waals surface area contributed by atoms with Crippen LogP contribution in [0.1, 0.15) is 31.4 Å². The maximum Gasteiger partial charge on any atom is 0.293 e. The van der Waals surface area contributed by atoms with E-state index in [0.29, 0.717) is 10.8 Å². The molecule has 1 aliphatic heterocycles. The van der Waals surface area contributed by atoms with E-state index in [-0.39, 0.29) is 12.0 Å². The molecule has 0 fully saturated rings. The van der Waals surface area contributed by atoms with Gasteiger partial charge in [-0.3, -0.25) is 19.9 Å². The zero-order valence-electron chi connectivity index (χ0n) is 13.0. The lowest BCUT2D eigenvalue weighted by Crippen LogP contribution is -2.32. The van der Waals surface area contributed by atoms with Gasteiger partial charge in [-0.1, -0.05) is 24.3 Å². The molecule has 0 saturated heterocycles. The average molecular weight is 327 g/mol. The van der Waals surface area contributed by atoms with Gasteiger partial charge in [0.1, 0.15) is 0 Å². The molecule has 0 radical (unpaired) electrons. The molecule has 3 rings (SSSR count). The lowest BCUT2D eigenvalue weighted by molar-refractivity contribution is -0.134. The molecule has 1 aromatic heterocycles. The highest BCUT2D eigenvalue weighted by atomic mass is 32.1. The summed E-state index contributed by atoms with van der Waals surface area (Å²) >= 11 is 1.28. The highest BCUT2D eigenvalue weighted by Crippen LogP contribution is 2.27. The van der Waals surface area contributed by atoms with Crippen molar-refractivity contribution in [3.8, 4) is 0 Å². The van der Waals surface area contributed by atoms with Gasteiger partial charge in [-0.2, -0.15) is 0 Å². The Morgan fingerprint density at radius 2 is 2.09 bits per heavy atom. The zero-order valence-corrected chi connectivity index (χ0v) is 13.8. The number of carbonyl (C=O) groups is 2. The normalized spacial score (nSPS) is 15.5. The number of nitrogens with one attached hydrogen (secondary N) is 1. The van der Waals surface area contributed by atoms with Crippen LogP contribution in [-0.2, 0) is 16.0 Å². The summed E-state index contributed by atoms with van der Waals surface area (Å²) < 4.78 is 0. The minimum atomic E-state index is -0.650. The van der Waals surface area contributed by atoms with Gasteiger partial charge in [0, 0.05) is 11.6 Å². The summed E-state index contributed by atoms with van der Waals surface area (Å²) in [5.41, 5.74) is 2.53. The minimum absolute atomic E-state index is 0.00233. The Hall–Kier alpha value is -2.34. The second-order valence-corrected chi connectivity index (χ2v) is 6.99. The number of hydrogen-bond donors (Lipinski definition) is 1. The molecule has 1 N–H and O–H groups in total. The van der Waals surface area contributed by atoms with E-state index in [1.54, 1.807) is 11.6 Å². The van der Waals surface area contributed by atoms with Gasteiger partial charge in [0.2, 0.25) is 5.78 Å². The van der Waals surface area contributed by atoms with Crippen LogP contribution in [0.2, 0.25) is 0 Å². The number of aromatic nitrogens is 1. The number of amides is 1. The topological polar surface area (TPSA) is 71.4 Å². The van der Waals surface area contributed by atoms with Crippen molar-refractivity contribution in [2.45, 2.75) is 32.2 Å². The Balaban J connectivity index is 1.79. The van der Waals surface area contributed by atoms with Gasteiger partial charge in [-0.15, -0.1) is 11.3 Å². The van der Waals surface area contributed by atoms with E-state index < -0.39 is 11.7 Å². The number of Topliss-reactive ketones (excluding diaryl/α,β-unsaturated/α-hetero) is 1. The van der Waals surface area contributed by atoms with Crippen molar-refractivity contribution in [2.24, 2.45) is 4.99 Å². The standard InChI is InChI=1S/C17H17N3O2S/c1-17(2)10-11-5-3-4-6-12(11)13(20-17)9-14(21)15(22)19-16-18-7-8-23-16/h3-8H,9-10H2,1-2H3,(H,18,19,22). The molecule has 1 aliphatic rings. The van der Waals surface area contributed by atoms with E-state index in [1.807, 2.05) is 38.1 Å². The molecule has 1 amide bonds. The van der Waals surface area contributed by atoms with Crippen LogP contribution in [0.25, 0.3) is 0 Å². The van der Waals surface area contributed by atoms with Crippen molar-refractivity contribution < 1.29 is 9.59 Å². The number of fused-ring (bicyclic) bond motifs is 1. The van der Waals surface area contributed by atoms with E-state index in [0.717, 1.165) is 17.5 Å². The van der Waals surface area contributed by atoms with Crippen molar-refractivity contribution in [1.29, 1.82) is 0 Å². The Bertz CT molecular complexity index is 779. The van der Waals surface area contributed by atoms with Gasteiger partial charge in [-0.25, -0.2) is 4.98 Å². The highest BCUT2D eigenvalue weighted by Gasteiger charge is 2.28. The fourth-order valence-electron chi connectivity index (χ4n) is 2.71. The number of carbonyl (C=O) groups excluding carboxylic acids is 2. The van der Waals surface area contributed by atoms with Crippen molar-refractivity contribution in [1.82, 2.24) is 4.98 Å². The maximum atomic E-state index is 12.2. The van der Waals surface area contributed by atoms with Crippen LogP contribution in [0.3, 0.4) is 0 Å². The van der Waals surface area contributed by atoms with Crippen LogP contribution >= 0.6 is 11.3 Å². The molecule has 5 nitrogen and oxygen atoms in total. The molecule has 1 aromatic carbocycles. The Labute approximate surface area is 138 Å². The monoisotopic (exact) mass is 327 g/mol. The first kappa shape index (κ1) is 15.6. The van der Waals surface area contributed by atoms with E-state index in [2.05, 4.69) is 15.3 Å². The van der Waals surface area contributed by atoms with E-state index >= 15 is 0 Å². The number of aliphatic imine (C=N–C) groups is 1. The fourth-order valence-corrected chi connectivity index (χ4v) is 3.23. The summed E-state index contributed by atoms with van der Waals surface area (Å²) in [5.74, 6) is -1.16. The van der Waals surface area contributed by atoms with Crippen LogP contribution < -0.4 is 5.32 Å². The molecule has 0 bridgehead atoms. The summed E-state index contributed by atoms with van der Waals surface area (Å²) in [7, 11) is 0. The van der Waals surface area contributed by atoms with Gasteiger partial charge >= 0.3 is 0 Å². The molecule has 0 atom stereocenters. The first-order chi connectivity index (χ1) is 10.9. The van der Waals surface area contributed by atoms with Crippen molar-refractivity contribution in [2.75, 3.05) is 5.32 Å². The number of hydrogen-bond acceptors (Lipinski definition) is 5. The second-order valence-electron chi connectivity index (χ2n) is 6.10. The predicted octanol–water partition coefficient (Wildman–Crippen LogP) is 2.86. The number of ketones is 1. The number of rotatable bonds is 4. The molecule has 2 aromatic rings. The summed E-state index contributed by atoms with van der Waals surface area (Å²) in [6.45, 7) is 4.06. The second kappa shape index (κ2) is 6.04. The smallest absolute Gasteiger partial charge is 0.293 e. The molecular formula is C17H17N3O2S. The fraction of sp³-hybridized carbons (Fsp3) is 0.294. The lowest BCUT2D eigenvalue weighted by atomic mass is 9.85. The SMILES string of the molecule is CC1(C)Cc2ccccc2C(CC(=O)C(=O)Nc2nccs2)=N1. The summed E-state index contributed by atoms with van der Waals surface area (Å²) in [6, 6.07) is 7.91. The largest absolute Gasteiger partial charge is 0.295 e. The molecule has 0 saturated carbocycles. The van der Waals surface area contributed by atoms with Crippen LogP contribution in [-0.4, -0.2) is 27.9 Å². The molecule has 2 heterocycles. The Morgan fingerprint density at radius 3 is 2.83 bits per heavy atom. The Kier molecular flexibility index (Phi) is 4.09. The molecule has 118 valence electrons. The predicted molar refractivity (Wildman–Crippen MR) is 91.1 cm³/mol. The zero-order chi connectivity index (χ0) is 16.4. The van der Waals surface area contributed by atoms with Crippen molar-refractivity contribution in [3.63, 3.8) is 0 Å². The third-order valence-corrected chi connectivity index (χ3v) is 4.31. The van der Waals surface area contributed by atoms with Gasteiger partial charge < -0.3 is 0 Å². The lowest BCUT2D eigenvalue weighted by Gasteiger charge is -2.28. The van der Waals surface area contributed by atoms with Gasteiger partial charge in [0.25, 0.3) is 5.91 Å². The number of anilines is 1. The van der Waals surface area contributed by atoms with Crippen molar-refractivity contribution >= 4 is 33.9 Å². The van der Waals surface area contributed by atoms with Crippen LogP contribution in [0, 0.1) is 0 Å². The van der Waals surface area contributed by atoms with Crippen LogP contribution in [0.4, 0.5) is 5.13 Å². The molecular weight excluding hydrogens is 310 g/mol. The molecule has 23 heavy (non-hydrogen) atoms. The molecule has 6 heteroatoms. The van der Waals surface area contributed by atoms with E-state index in [9.17, 15) is 9.59 Å². The highest BCUT2D eigenvalue weighted by molar-refractivity contribution is 7.13. The quantitative estimate of drug-likeness (QED) is 0.878. The number of nitrogens with zero attached hydrogens (tertiary/aromatic N) is 2. The number of benzene rings is 1. The average Bonchev–Trinajstić information content (AvgIpc) is 2.99. The van der Waals surface area contributed by atoms with E-state index in [4.69, 9.17) is 0 Å². The summed E-state index contributed by atoms with van der Waals surface area (Å²) in [5, 5.41) is 4.69. The Morgan fingerprint density at radius 1 is 1.30 bits per heavy atom. The van der Waals surface area contributed by atoms with Gasteiger partial charge in [-0.05, 0) is 31.4 Å². The van der Waals surface area contributed by atoms with Crippen molar-refractivity contribution in [3.05, 3.63) is 47.0 Å². The molecule has 0 unspecified atom stereocenters. The first-order valence-corrected chi connectivity index (χ1v) is 8.23. The summed E-state index contributed by atoms with van der Waals surface area (Å²) in [4.78, 5) is 32.9. The third-order valence-electron chi connectivity index (χ3n) is 3.62. The van der Waals surface area contributed by atoms with E-state index in [1.165, 1.54) is 11.3 Å². The van der Waals surface area contributed by atoms with Gasteiger partial charge in [0.05, 0.1) is 17.7 Å². The van der Waals surface area contributed by atoms with Gasteiger partial charge in [0.15, 0.2) is 5.13 Å². The van der Waals surface area contributed by atoms with Crippen LogP contribution in [0.5, 0.6) is 0 Å². The number of thiazole rings is 1. The third kappa shape index (κ3) is 3.53. The molecule has 0 spiro atoms. The first-order valence-electron chi connectivity index (χ1n) is 7.35. The summed E-state index contributed by atoms with van der Waals surface area (Å²) in [6.07, 6.45) is 2.40. The minimum Gasteiger partial charge on any atom is -0.295 e. The molecule has 0 aliphatic carbocycles. The van der Waals surface area contributed by atoms with Crippen LogP contribution in [0.15, 0.2) is 40.8 Å². The maximum absolute atomic E-state index is 12.2.